The summed E-state index contributed by atoms with van der Waals surface area (Å²) in [6.45, 7) is 4.98. The SMILES string of the molecule is Cc1cnc(CSCC2CCCO2)c(C)c1N. The number of rotatable bonds is 4. The highest BCUT2D eigenvalue weighted by molar-refractivity contribution is 7.98. The zero-order valence-corrected chi connectivity index (χ0v) is 11.3. The first-order valence-electron chi connectivity index (χ1n) is 6.08. The molecule has 0 amide bonds. The molecule has 1 aromatic rings. The minimum absolute atomic E-state index is 0.447. The third-order valence-electron chi connectivity index (χ3n) is 3.24. The zero-order valence-electron chi connectivity index (χ0n) is 10.5. The second-order valence-corrected chi connectivity index (χ2v) is 5.61. The minimum atomic E-state index is 0.447. The second-order valence-electron chi connectivity index (χ2n) is 4.58. The maximum absolute atomic E-state index is 6.00. The third kappa shape index (κ3) is 3.13. The summed E-state index contributed by atoms with van der Waals surface area (Å²) in [6, 6.07) is 0. The Bertz CT molecular complexity index is 389. The van der Waals surface area contributed by atoms with Gasteiger partial charge in [0.25, 0.3) is 0 Å². The van der Waals surface area contributed by atoms with E-state index in [4.69, 9.17) is 10.5 Å². The van der Waals surface area contributed by atoms with Gasteiger partial charge in [-0.05, 0) is 37.8 Å². The van der Waals surface area contributed by atoms with Crippen molar-refractivity contribution in [3.8, 4) is 0 Å². The average Bonchev–Trinajstić information content (AvgIpc) is 2.82. The lowest BCUT2D eigenvalue weighted by molar-refractivity contribution is 0.129. The molecule has 1 aromatic heterocycles. The fourth-order valence-corrected chi connectivity index (χ4v) is 3.13. The number of ether oxygens (including phenoxy) is 1. The number of anilines is 1. The van der Waals surface area contributed by atoms with E-state index in [1.165, 1.54) is 12.8 Å². The van der Waals surface area contributed by atoms with Crippen LogP contribution in [0, 0.1) is 13.8 Å². The molecule has 1 fully saturated rings. The molecule has 0 aromatic carbocycles. The molecule has 0 bridgehead atoms. The number of nitrogens with two attached hydrogens (primary N) is 1. The lowest BCUT2D eigenvalue weighted by Gasteiger charge is -2.11. The van der Waals surface area contributed by atoms with Gasteiger partial charge in [-0.15, -0.1) is 0 Å². The zero-order chi connectivity index (χ0) is 12.3. The maximum atomic E-state index is 6.00. The van der Waals surface area contributed by atoms with Crippen molar-refractivity contribution in [3.63, 3.8) is 0 Å². The number of nitrogens with zero attached hydrogens (tertiary/aromatic N) is 1. The molecular weight excluding hydrogens is 232 g/mol. The van der Waals surface area contributed by atoms with E-state index in [0.29, 0.717) is 6.10 Å². The molecule has 1 unspecified atom stereocenters. The van der Waals surface area contributed by atoms with E-state index >= 15 is 0 Å². The number of aromatic nitrogens is 1. The summed E-state index contributed by atoms with van der Waals surface area (Å²) in [6.07, 6.45) is 4.72. The van der Waals surface area contributed by atoms with Crippen LogP contribution in [0.3, 0.4) is 0 Å². The summed E-state index contributed by atoms with van der Waals surface area (Å²) in [5.41, 5.74) is 10.2. The van der Waals surface area contributed by atoms with Gasteiger partial charge in [0.2, 0.25) is 0 Å². The Labute approximate surface area is 107 Å². The van der Waals surface area contributed by atoms with Crippen molar-refractivity contribution < 1.29 is 4.74 Å². The van der Waals surface area contributed by atoms with E-state index in [1.54, 1.807) is 0 Å². The highest BCUT2D eigenvalue weighted by Crippen LogP contribution is 2.24. The first kappa shape index (κ1) is 12.7. The minimum Gasteiger partial charge on any atom is -0.398 e. The predicted molar refractivity (Wildman–Crippen MR) is 73.3 cm³/mol. The normalized spacial score (nSPS) is 19.8. The quantitative estimate of drug-likeness (QED) is 0.895. The molecule has 0 spiro atoms. The molecule has 0 aliphatic carbocycles. The van der Waals surface area contributed by atoms with Crippen molar-refractivity contribution in [2.75, 3.05) is 18.1 Å². The highest BCUT2D eigenvalue weighted by Gasteiger charge is 2.15. The lowest BCUT2D eigenvalue weighted by Crippen LogP contribution is -2.08. The van der Waals surface area contributed by atoms with E-state index in [9.17, 15) is 0 Å². The van der Waals surface area contributed by atoms with Crippen LogP contribution in [0.4, 0.5) is 5.69 Å². The van der Waals surface area contributed by atoms with Crippen LogP contribution in [-0.2, 0) is 10.5 Å². The highest BCUT2D eigenvalue weighted by atomic mass is 32.2. The summed E-state index contributed by atoms with van der Waals surface area (Å²) >= 11 is 1.89. The fourth-order valence-electron chi connectivity index (χ4n) is 2.00. The summed E-state index contributed by atoms with van der Waals surface area (Å²) in [5.74, 6) is 1.99. The Morgan fingerprint density at radius 2 is 2.35 bits per heavy atom. The predicted octanol–water partition coefficient (Wildman–Crippen LogP) is 2.69. The van der Waals surface area contributed by atoms with E-state index in [0.717, 1.165) is 40.6 Å². The molecule has 2 rings (SSSR count). The van der Waals surface area contributed by atoms with Gasteiger partial charge in [-0.1, -0.05) is 0 Å². The molecule has 94 valence electrons. The Balaban J connectivity index is 1.88. The number of pyridine rings is 1. The summed E-state index contributed by atoms with van der Waals surface area (Å²) in [7, 11) is 0. The topological polar surface area (TPSA) is 48.1 Å². The van der Waals surface area contributed by atoms with Crippen LogP contribution in [-0.4, -0.2) is 23.4 Å². The number of thioether (sulfide) groups is 1. The van der Waals surface area contributed by atoms with Crippen molar-refractivity contribution in [2.45, 2.75) is 38.5 Å². The molecule has 4 heteroatoms. The van der Waals surface area contributed by atoms with Gasteiger partial charge in [-0.25, -0.2) is 0 Å². The average molecular weight is 252 g/mol. The van der Waals surface area contributed by atoms with Crippen molar-refractivity contribution in [1.82, 2.24) is 4.98 Å². The second kappa shape index (κ2) is 5.74. The standard InChI is InChI=1S/C13H20N2OS/c1-9-6-15-12(10(2)13(9)14)8-17-7-11-4-3-5-16-11/h6,11H,3-5,7-8H2,1-2H3,(H2,14,15). The first-order valence-corrected chi connectivity index (χ1v) is 7.24. The summed E-state index contributed by atoms with van der Waals surface area (Å²) < 4.78 is 5.60. The fraction of sp³-hybridized carbons (Fsp3) is 0.615. The van der Waals surface area contributed by atoms with Gasteiger partial charge in [0.1, 0.15) is 0 Å². The largest absolute Gasteiger partial charge is 0.398 e. The van der Waals surface area contributed by atoms with Gasteiger partial charge < -0.3 is 10.5 Å². The van der Waals surface area contributed by atoms with E-state index < -0.39 is 0 Å². The molecule has 1 aliphatic heterocycles. The van der Waals surface area contributed by atoms with Crippen molar-refractivity contribution in [3.05, 3.63) is 23.0 Å². The van der Waals surface area contributed by atoms with Gasteiger partial charge >= 0.3 is 0 Å². The van der Waals surface area contributed by atoms with Crippen molar-refractivity contribution >= 4 is 17.4 Å². The van der Waals surface area contributed by atoms with Crippen LogP contribution in [0.15, 0.2) is 6.20 Å². The Morgan fingerprint density at radius 3 is 3.06 bits per heavy atom. The monoisotopic (exact) mass is 252 g/mol. The summed E-state index contributed by atoms with van der Waals surface area (Å²) in [4.78, 5) is 4.46. The molecule has 0 radical (unpaired) electrons. The Hall–Kier alpha value is -0.740. The lowest BCUT2D eigenvalue weighted by atomic mass is 10.1. The first-order chi connectivity index (χ1) is 8.18. The molecule has 17 heavy (non-hydrogen) atoms. The molecule has 1 aliphatic rings. The molecular formula is C13H20N2OS. The van der Waals surface area contributed by atoms with E-state index in [1.807, 2.05) is 24.9 Å². The molecule has 1 saturated heterocycles. The molecule has 1 atom stereocenters. The van der Waals surface area contributed by atoms with Crippen molar-refractivity contribution in [2.24, 2.45) is 0 Å². The number of hydrogen-bond acceptors (Lipinski definition) is 4. The number of aryl methyl sites for hydroxylation is 1. The van der Waals surface area contributed by atoms with Crippen LogP contribution < -0.4 is 5.73 Å². The van der Waals surface area contributed by atoms with Gasteiger partial charge in [-0.3, -0.25) is 4.98 Å². The van der Waals surface area contributed by atoms with Gasteiger partial charge in [0.15, 0.2) is 0 Å². The Morgan fingerprint density at radius 1 is 1.53 bits per heavy atom. The summed E-state index contributed by atoms with van der Waals surface area (Å²) in [5, 5.41) is 0. The van der Waals surface area contributed by atoms with Gasteiger partial charge in [-0.2, -0.15) is 11.8 Å². The van der Waals surface area contributed by atoms with Gasteiger partial charge in [0.05, 0.1) is 11.8 Å². The maximum Gasteiger partial charge on any atom is 0.0666 e. The van der Waals surface area contributed by atoms with E-state index in [2.05, 4.69) is 11.9 Å². The van der Waals surface area contributed by atoms with Crippen LogP contribution in [0.5, 0.6) is 0 Å². The molecule has 2 N–H and O–H groups in total. The molecule has 3 nitrogen and oxygen atoms in total. The van der Waals surface area contributed by atoms with Crippen LogP contribution in [0.2, 0.25) is 0 Å². The van der Waals surface area contributed by atoms with Crippen LogP contribution in [0.25, 0.3) is 0 Å². The molecule has 0 saturated carbocycles. The van der Waals surface area contributed by atoms with E-state index in [-0.39, 0.29) is 0 Å². The third-order valence-corrected chi connectivity index (χ3v) is 4.33. The number of nitrogen functional groups attached to an aromatic ring is 1. The van der Waals surface area contributed by atoms with Gasteiger partial charge in [0, 0.05) is 30.0 Å². The molecule has 2 heterocycles. The Kier molecular flexibility index (Phi) is 4.29. The van der Waals surface area contributed by atoms with Crippen LogP contribution >= 0.6 is 11.8 Å². The number of hydrogen-bond donors (Lipinski definition) is 1. The smallest absolute Gasteiger partial charge is 0.0666 e. The van der Waals surface area contributed by atoms with Crippen molar-refractivity contribution in [1.29, 1.82) is 0 Å². The van der Waals surface area contributed by atoms with Crippen LogP contribution in [0.1, 0.15) is 29.7 Å².